The van der Waals surface area contributed by atoms with Crippen LogP contribution >= 0.6 is 0 Å². The normalized spacial score (nSPS) is 11.4. The maximum atomic E-state index is 12.6. The minimum atomic E-state index is -0.592. The van der Waals surface area contributed by atoms with Crippen molar-refractivity contribution in [2.24, 2.45) is 0 Å². The Kier molecular flexibility index (Phi) is 6.85. The van der Waals surface area contributed by atoms with Crippen molar-refractivity contribution < 1.29 is 14.3 Å². The summed E-state index contributed by atoms with van der Waals surface area (Å²) in [5.74, 6) is 0.104. The van der Waals surface area contributed by atoms with Crippen LogP contribution in [-0.4, -0.2) is 34.9 Å². The van der Waals surface area contributed by atoms with Crippen molar-refractivity contribution in [3.63, 3.8) is 0 Å². The molecule has 0 amide bonds. The summed E-state index contributed by atoms with van der Waals surface area (Å²) >= 11 is 0. The van der Waals surface area contributed by atoms with Gasteiger partial charge in [-0.1, -0.05) is 84.9 Å². The van der Waals surface area contributed by atoms with Gasteiger partial charge in [0.1, 0.15) is 18.2 Å². The molecule has 1 atom stereocenters. The molecule has 6 heteroatoms. The number of esters is 1. The van der Waals surface area contributed by atoms with Crippen LogP contribution in [0.25, 0.3) is 11.3 Å². The standard InChI is InChI=1S/C27H23N3O3/c1-33-27(32)24(16-19-8-4-2-5-9-19)30-25-17-23(28-18-29-25)20-12-14-22(15-13-20)26(31)21-10-6-3-7-11-21/h2-15,17-18,24H,16H2,1H3,(H,28,29,30)/t24-/m0/s1. The first kappa shape index (κ1) is 21.9. The van der Waals surface area contributed by atoms with E-state index in [0.717, 1.165) is 11.1 Å². The summed E-state index contributed by atoms with van der Waals surface area (Å²) in [7, 11) is 1.37. The van der Waals surface area contributed by atoms with E-state index in [1.54, 1.807) is 30.3 Å². The van der Waals surface area contributed by atoms with Crippen LogP contribution < -0.4 is 5.32 Å². The van der Waals surface area contributed by atoms with Gasteiger partial charge in [-0.15, -0.1) is 0 Å². The molecule has 0 fully saturated rings. The maximum Gasteiger partial charge on any atom is 0.328 e. The van der Waals surface area contributed by atoms with Gasteiger partial charge in [-0.25, -0.2) is 14.8 Å². The van der Waals surface area contributed by atoms with Crippen molar-refractivity contribution in [1.82, 2.24) is 9.97 Å². The Labute approximate surface area is 192 Å². The molecule has 1 aromatic heterocycles. The lowest BCUT2D eigenvalue weighted by Gasteiger charge is -2.17. The van der Waals surface area contributed by atoms with E-state index in [1.165, 1.54) is 13.4 Å². The smallest absolute Gasteiger partial charge is 0.328 e. The third-order valence-corrected chi connectivity index (χ3v) is 5.24. The van der Waals surface area contributed by atoms with E-state index in [9.17, 15) is 9.59 Å². The Balaban J connectivity index is 1.52. The fourth-order valence-electron chi connectivity index (χ4n) is 3.51. The number of benzene rings is 3. The number of anilines is 1. The van der Waals surface area contributed by atoms with E-state index in [-0.39, 0.29) is 11.8 Å². The predicted molar refractivity (Wildman–Crippen MR) is 127 cm³/mol. The zero-order chi connectivity index (χ0) is 23.0. The number of ether oxygens (including phenoxy) is 1. The fourth-order valence-corrected chi connectivity index (χ4v) is 3.51. The molecule has 0 aliphatic heterocycles. The molecule has 0 aliphatic carbocycles. The van der Waals surface area contributed by atoms with Crippen LogP contribution in [0.2, 0.25) is 0 Å². The van der Waals surface area contributed by atoms with E-state index in [4.69, 9.17) is 4.74 Å². The van der Waals surface area contributed by atoms with Crippen molar-refractivity contribution in [1.29, 1.82) is 0 Å². The summed E-state index contributed by atoms with van der Waals surface area (Å²) in [6, 6.07) is 27.3. The SMILES string of the molecule is COC(=O)[C@H](Cc1ccccc1)Nc1cc(-c2ccc(C(=O)c3ccccc3)cc2)ncn1. The molecule has 0 saturated heterocycles. The number of hydrogen-bond donors (Lipinski definition) is 1. The number of hydrogen-bond acceptors (Lipinski definition) is 6. The third kappa shape index (κ3) is 5.49. The molecule has 1 heterocycles. The van der Waals surface area contributed by atoms with Gasteiger partial charge >= 0.3 is 5.97 Å². The quantitative estimate of drug-likeness (QED) is 0.321. The molecule has 0 saturated carbocycles. The second kappa shape index (κ2) is 10.3. The lowest BCUT2D eigenvalue weighted by Crippen LogP contribution is -2.33. The van der Waals surface area contributed by atoms with Gasteiger partial charge in [-0.2, -0.15) is 0 Å². The van der Waals surface area contributed by atoms with Crippen molar-refractivity contribution in [3.05, 3.63) is 114 Å². The largest absolute Gasteiger partial charge is 0.467 e. The molecule has 0 aliphatic rings. The van der Waals surface area contributed by atoms with Crippen molar-refractivity contribution >= 4 is 17.6 Å². The molecule has 164 valence electrons. The van der Waals surface area contributed by atoms with Gasteiger partial charge in [-0.05, 0) is 5.56 Å². The number of nitrogens with one attached hydrogen (secondary N) is 1. The molecule has 6 nitrogen and oxygen atoms in total. The van der Waals surface area contributed by atoms with Crippen LogP contribution in [0.3, 0.4) is 0 Å². The summed E-state index contributed by atoms with van der Waals surface area (Å²) in [4.78, 5) is 33.6. The van der Waals surface area contributed by atoms with Crippen LogP contribution in [0.1, 0.15) is 21.5 Å². The first-order valence-electron chi connectivity index (χ1n) is 10.5. The summed E-state index contributed by atoms with van der Waals surface area (Å²) in [5, 5.41) is 3.16. The molecule has 0 radical (unpaired) electrons. The zero-order valence-corrected chi connectivity index (χ0v) is 18.1. The van der Waals surface area contributed by atoms with Gasteiger partial charge < -0.3 is 10.1 Å². The molecule has 0 bridgehead atoms. The van der Waals surface area contributed by atoms with E-state index in [2.05, 4.69) is 15.3 Å². The highest BCUT2D eigenvalue weighted by atomic mass is 16.5. The van der Waals surface area contributed by atoms with E-state index < -0.39 is 6.04 Å². The van der Waals surface area contributed by atoms with Crippen LogP contribution in [0.15, 0.2) is 97.3 Å². The Hall–Kier alpha value is -4.32. The Bertz CT molecular complexity index is 1230. The molecule has 3 aromatic carbocycles. The average Bonchev–Trinajstić information content (AvgIpc) is 2.89. The summed E-state index contributed by atoms with van der Waals surface area (Å²) < 4.78 is 4.97. The maximum absolute atomic E-state index is 12.6. The lowest BCUT2D eigenvalue weighted by molar-refractivity contribution is -0.141. The number of methoxy groups -OCH3 is 1. The Morgan fingerprint density at radius 1 is 0.848 bits per heavy atom. The zero-order valence-electron chi connectivity index (χ0n) is 18.1. The molecule has 33 heavy (non-hydrogen) atoms. The Morgan fingerprint density at radius 2 is 1.48 bits per heavy atom. The first-order valence-corrected chi connectivity index (χ1v) is 10.5. The number of carbonyl (C=O) groups is 2. The van der Waals surface area contributed by atoms with Gasteiger partial charge in [0.05, 0.1) is 12.8 Å². The van der Waals surface area contributed by atoms with E-state index in [0.29, 0.717) is 29.1 Å². The molecule has 4 rings (SSSR count). The molecule has 0 unspecified atom stereocenters. The molecular weight excluding hydrogens is 414 g/mol. The third-order valence-electron chi connectivity index (χ3n) is 5.24. The van der Waals surface area contributed by atoms with E-state index in [1.807, 2.05) is 60.7 Å². The van der Waals surface area contributed by atoms with Gasteiger partial charge in [0.15, 0.2) is 5.78 Å². The summed E-state index contributed by atoms with van der Waals surface area (Å²) in [5.41, 5.74) is 3.77. The van der Waals surface area contributed by atoms with E-state index >= 15 is 0 Å². The fraction of sp³-hybridized carbons (Fsp3) is 0.111. The second-order valence-electron chi connectivity index (χ2n) is 7.47. The van der Waals surface area contributed by atoms with Gasteiger partial charge in [-0.3, -0.25) is 4.79 Å². The van der Waals surface area contributed by atoms with Crippen LogP contribution in [0.4, 0.5) is 5.82 Å². The highest BCUT2D eigenvalue weighted by molar-refractivity contribution is 6.09. The minimum absolute atomic E-state index is 0.0333. The number of nitrogens with zero attached hydrogens (tertiary/aromatic N) is 2. The van der Waals surface area contributed by atoms with Crippen LogP contribution in [0.5, 0.6) is 0 Å². The van der Waals surface area contributed by atoms with Crippen molar-refractivity contribution in [2.45, 2.75) is 12.5 Å². The van der Waals surface area contributed by atoms with Gasteiger partial charge in [0.25, 0.3) is 0 Å². The number of rotatable bonds is 8. The molecular formula is C27H23N3O3. The highest BCUT2D eigenvalue weighted by Gasteiger charge is 2.20. The van der Waals surface area contributed by atoms with Crippen molar-refractivity contribution in [3.8, 4) is 11.3 Å². The molecule has 4 aromatic rings. The summed E-state index contributed by atoms with van der Waals surface area (Å²) in [6.07, 6.45) is 1.90. The van der Waals surface area contributed by atoms with Crippen LogP contribution in [0, 0.1) is 0 Å². The number of aromatic nitrogens is 2. The first-order chi connectivity index (χ1) is 16.1. The van der Waals surface area contributed by atoms with Gasteiger partial charge in [0.2, 0.25) is 0 Å². The van der Waals surface area contributed by atoms with Crippen LogP contribution in [-0.2, 0) is 16.0 Å². The molecule has 0 spiro atoms. The van der Waals surface area contributed by atoms with Crippen molar-refractivity contribution in [2.75, 3.05) is 12.4 Å². The van der Waals surface area contributed by atoms with Gasteiger partial charge in [0, 0.05) is 29.2 Å². The number of carbonyl (C=O) groups excluding carboxylic acids is 2. The number of ketones is 1. The second-order valence-corrected chi connectivity index (χ2v) is 7.47. The lowest BCUT2D eigenvalue weighted by atomic mass is 10.0. The minimum Gasteiger partial charge on any atom is -0.467 e. The topological polar surface area (TPSA) is 81.2 Å². The predicted octanol–water partition coefficient (Wildman–Crippen LogP) is 4.57. The molecule has 1 N–H and O–H groups in total. The highest BCUT2D eigenvalue weighted by Crippen LogP contribution is 2.21. The average molecular weight is 437 g/mol. The summed E-state index contributed by atoms with van der Waals surface area (Å²) in [6.45, 7) is 0. The monoisotopic (exact) mass is 437 g/mol. The Morgan fingerprint density at radius 3 is 2.15 bits per heavy atom.